The van der Waals surface area contributed by atoms with Gasteiger partial charge in [-0.1, -0.05) is 0 Å². The molecule has 5 rings (SSSR count). The molecule has 2 fully saturated rings. The van der Waals surface area contributed by atoms with Crippen molar-refractivity contribution in [3.05, 3.63) is 25.0 Å². The summed E-state index contributed by atoms with van der Waals surface area (Å²) in [5, 5.41) is 9.44. The van der Waals surface area contributed by atoms with E-state index in [4.69, 9.17) is 13.8 Å². The predicted octanol–water partition coefficient (Wildman–Crippen LogP) is -0.528. The van der Waals surface area contributed by atoms with Crippen LogP contribution in [-0.2, 0) is 18.3 Å². The van der Waals surface area contributed by atoms with Crippen molar-refractivity contribution in [3.8, 4) is 0 Å². The van der Waals surface area contributed by atoms with Crippen LogP contribution in [0.3, 0.4) is 0 Å². The maximum absolute atomic E-state index is 11.7. The summed E-state index contributed by atoms with van der Waals surface area (Å²) in [6.07, 6.45) is 3.19. The van der Waals surface area contributed by atoms with E-state index in [-0.39, 0.29) is 36.2 Å². The van der Waals surface area contributed by atoms with Crippen molar-refractivity contribution in [2.75, 3.05) is 6.61 Å². The predicted molar refractivity (Wildman–Crippen MR) is 82.6 cm³/mol. The van der Waals surface area contributed by atoms with E-state index in [1.54, 1.807) is 27.7 Å². The largest absolute Gasteiger partial charge is 0.473 e. The minimum atomic E-state index is -4.16. The average molecular weight is 376 g/mol. The van der Waals surface area contributed by atoms with Crippen LogP contribution in [0.2, 0.25) is 0 Å². The van der Waals surface area contributed by atoms with Crippen LogP contribution in [0.1, 0.15) is 6.23 Å². The minimum absolute atomic E-state index is 0. The second-order valence-corrected chi connectivity index (χ2v) is 6.94. The summed E-state index contributed by atoms with van der Waals surface area (Å²) < 4.78 is 30.9. The monoisotopic (exact) mass is 376 g/mol. The number of imidazole rings is 2. The second kappa shape index (κ2) is 6.08. The van der Waals surface area contributed by atoms with Gasteiger partial charge >= 0.3 is 7.82 Å². The van der Waals surface area contributed by atoms with Gasteiger partial charge in [0.1, 0.15) is 24.6 Å². The fourth-order valence-corrected chi connectivity index (χ4v) is 4.33. The second-order valence-electron chi connectivity index (χ2n) is 5.58. The molecule has 0 aromatic carbocycles. The van der Waals surface area contributed by atoms with Gasteiger partial charge in [-0.15, -0.1) is 0 Å². The molecule has 2 saturated heterocycles. The van der Waals surface area contributed by atoms with E-state index in [2.05, 4.69) is 15.0 Å². The fourth-order valence-electron chi connectivity index (χ4n) is 3.18. The Morgan fingerprint density at radius 2 is 1.96 bits per heavy atom. The average Bonchev–Trinajstić information content (AvgIpc) is 3.26. The molecular formula is C12H12N5NaO6P. The van der Waals surface area contributed by atoms with E-state index in [0.717, 1.165) is 0 Å². The Kier molecular flexibility index (Phi) is 4.27. The van der Waals surface area contributed by atoms with Gasteiger partial charge in [-0.25, -0.2) is 19.5 Å². The minimum Gasteiger partial charge on any atom is -0.394 e. The van der Waals surface area contributed by atoms with E-state index in [1.165, 1.54) is 6.33 Å². The number of aliphatic hydroxyl groups excluding tert-OH is 1. The molecule has 2 aliphatic rings. The van der Waals surface area contributed by atoms with Crippen molar-refractivity contribution < 1.29 is 28.3 Å². The number of aromatic nitrogens is 5. The summed E-state index contributed by atoms with van der Waals surface area (Å²) in [5.74, 6) is 0. The number of fused-ring (bicyclic) bond motifs is 4. The summed E-state index contributed by atoms with van der Waals surface area (Å²) in [6.45, 7) is -0.369. The first-order valence-electron chi connectivity index (χ1n) is 7.17. The number of hydrogen-bond acceptors (Lipinski definition) is 8. The molecule has 5 atom stereocenters. The van der Waals surface area contributed by atoms with Crippen LogP contribution in [0.15, 0.2) is 25.0 Å². The molecule has 2 N–H and O–H groups in total. The Labute approximate surface area is 162 Å². The van der Waals surface area contributed by atoms with Gasteiger partial charge in [0, 0.05) is 42.0 Å². The van der Waals surface area contributed by atoms with Crippen molar-refractivity contribution in [1.82, 2.24) is 23.9 Å². The number of aliphatic hydroxyl groups is 1. The molecule has 0 aliphatic carbocycles. The quantitative estimate of drug-likeness (QED) is 0.447. The number of ether oxygens (including phenoxy) is 1. The maximum Gasteiger partial charge on any atom is 0.473 e. The van der Waals surface area contributed by atoms with E-state index in [9.17, 15) is 14.6 Å². The van der Waals surface area contributed by atoms with E-state index < -0.39 is 32.4 Å². The number of rotatable bonds is 2. The Morgan fingerprint density at radius 3 is 2.76 bits per heavy atom. The molecule has 0 saturated carbocycles. The number of phosphoric ester groups is 1. The Bertz CT molecular complexity index is 993. The van der Waals surface area contributed by atoms with Crippen LogP contribution in [0, 0.1) is 0 Å². The van der Waals surface area contributed by atoms with Crippen molar-refractivity contribution >= 4 is 54.2 Å². The summed E-state index contributed by atoms with van der Waals surface area (Å²) in [5.41, 5.74) is 1.67. The molecule has 5 unspecified atom stereocenters. The zero-order valence-electron chi connectivity index (χ0n) is 13.0. The molecule has 1 radical (unpaired) electrons. The maximum atomic E-state index is 11.7. The fraction of sp³-hybridized carbons (Fsp3) is 0.417. The smallest absolute Gasteiger partial charge is 0.394 e. The van der Waals surface area contributed by atoms with Gasteiger partial charge in [-0.05, 0) is 0 Å². The Balaban J connectivity index is 0.00000157. The number of phosphoric acid groups is 1. The van der Waals surface area contributed by atoms with Gasteiger partial charge in [0.05, 0.1) is 12.9 Å². The van der Waals surface area contributed by atoms with Crippen molar-refractivity contribution in [2.45, 2.75) is 24.5 Å². The van der Waals surface area contributed by atoms with Crippen molar-refractivity contribution in [3.63, 3.8) is 0 Å². The molecule has 2 aliphatic heterocycles. The van der Waals surface area contributed by atoms with Crippen LogP contribution in [0.4, 0.5) is 0 Å². The molecule has 5 heterocycles. The summed E-state index contributed by atoms with van der Waals surface area (Å²) in [6, 6.07) is 0. The summed E-state index contributed by atoms with van der Waals surface area (Å²) in [4.78, 5) is 22.5. The number of nitrogens with zero attached hydrogens (tertiary/aromatic N) is 5. The molecule has 0 spiro atoms. The molecule has 3 aromatic heterocycles. The summed E-state index contributed by atoms with van der Waals surface area (Å²) in [7, 11) is -4.16. The molecular weight excluding hydrogens is 364 g/mol. The van der Waals surface area contributed by atoms with E-state index >= 15 is 0 Å². The van der Waals surface area contributed by atoms with Gasteiger partial charge in [0.15, 0.2) is 23.0 Å². The topological polar surface area (TPSA) is 133 Å². The SMILES string of the molecule is O=P1(O)OC2C(CO)OC(n3cnc4c3ncn3ccnc43)C2O1.[Na]. The van der Waals surface area contributed by atoms with Gasteiger partial charge in [0.2, 0.25) is 0 Å². The van der Waals surface area contributed by atoms with E-state index in [1.807, 2.05) is 0 Å². The van der Waals surface area contributed by atoms with Crippen molar-refractivity contribution in [2.24, 2.45) is 0 Å². The van der Waals surface area contributed by atoms with Gasteiger partial charge < -0.3 is 14.7 Å². The molecule has 11 nitrogen and oxygen atoms in total. The molecule has 3 aromatic rings. The molecule has 13 heteroatoms. The van der Waals surface area contributed by atoms with Crippen LogP contribution in [0.5, 0.6) is 0 Å². The zero-order chi connectivity index (χ0) is 16.5. The first-order chi connectivity index (χ1) is 11.6. The van der Waals surface area contributed by atoms with E-state index in [0.29, 0.717) is 16.8 Å². The molecule has 25 heavy (non-hydrogen) atoms. The standard InChI is InChI=1S/C12H12N5O6P.Na/c18-3-6-8-9(23-24(19,20)22-8)12(21-6)17-5-14-7-10-13-1-2-16(10)4-15-11(7)17;/h1-2,4-6,8-9,12,18H,3H2,(H,19,20);. The third-order valence-electron chi connectivity index (χ3n) is 4.20. The molecule has 0 amide bonds. The molecule has 127 valence electrons. The first kappa shape index (κ1) is 17.5. The third kappa shape index (κ3) is 2.59. The Morgan fingerprint density at radius 1 is 1.16 bits per heavy atom. The zero-order valence-corrected chi connectivity index (χ0v) is 15.9. The van der Waals surface area contributed by atoms with Gasteiger partial charge in [-0.3, -0.25) is 18.0 Å². The normalized spacial score (nSPS) is 34.5. The van der Waals surface area contributed by atoms with Crippen LogP contribution in [-0.4, -0.2) is 88.4 Å². The third-order valence-corrected chi connectivity index (χ3v) is 5.22. The number of hydrogen-bond donors (Lipinski definition) is 2. The van der Waals surface area contributed by atoms with Crippen LogP contribution < -0.4 is 0 Å². The first-order valence-corrected chi connectivity index (χ1v) is 8.67. The molecule has 0 bridgehead atoms. The van der Waals surface area contributed by atoms with Crippen LogP contribution >= 0.6 is 7.82 Å². The van der Waals surface area contributed by atoms with Gasteiger partial charge in [-0.2, -0.15) is 0 Å². The summed E-state index contributed by atoms with van der Waals surface area (Å²) >= 11 is 0. The van der Waals surface area contributed by atoms with Crippen LogP contribution in [0.25, 0.3) is 16.8 Å². The Hall–Kier alpha value is -0.880. The van der Waals surface area contributed by atoms with Gasteiger partial charge in [0.25, 0.3) is 0 Å². The van der Waals surface area contributed by atoms with Crippen molar-refractivity contribution in [1.29, 1.82) is 0 Å².